The van der Waals surface area contributed by atoms with Gasteiger partial charge in [-0.25, -0.2) is 0 Å². The molecule has 2 aliphatic rings. The van der Waals surface area contributed by atoms with Crippen LogP contribution in [0.1, 0.15) is 11.1 Å². The minimum Gasteiger partial charge on any atom is -0.496 e. The van der Waals surface area contributed by atoms with E-state index in [9.17, 15) is 14.4 Å². The number of ether oxygens (including phenoxy) is 2. The Hall–Kier alpha value is -3.30. The molecule has 0 spiro atoms. The molecule has 2 saturated heterocycles. The smallest absolute Gasteiger partial charge is 0.294 e. The Morgan fingerprint density at radius 3 is 2.58 bits per heavy atom. The van der Waals surface area contributed by atoms with Crippen LogP contribution in [0.2, 0.25) is 0 Å². The molecule has 2 aliphatic heterocycles. The molecule has 4 rings (SSSR count). The average molecular weight is 468 g/mol. The molecule has 0 atom stereocenters. The third-order valence-electron chi connectivity index (χ3n) is 5.39. The van der Waals surface area contributed by atoms with E-state index in [2.05, 4.69) is 10.2 Å². The highest BCUT2D eigenvalue weighted by Gasteiger charge is 2.36. The quantitative estimate of drug-likeness (QED) is 0.651. The van der Waals surface area contributed by atoms with Gasteiger partial charge in [0.15, 0.2) is 0 Å². The van der Waals surface area contributed by atoms with Gasteiger partial charge in [-0.05, 0) is 49.0 Å². The standard InChI is InChI=1S/C24H25N3O5S/c1-16-3-6-18(7-4-16)25-22(28)15-27-23(29)21(33-24(27)30)13-17-5-8-19(14-20(17)31-2)26-9-11-32-12-10-26/h3-8,13-14H,9-12,15H2,1-2H3,(H,25,28)/b21-13-. The number of morpholine rings is 1. The summed E-state index contributed by atoms with van der Waals surface area (Å²) in [6.45, 7) is 4.55. The van der Waals surface area contributed by atoms with Crippen LogP contribution in [0, 0.1) is 6.92 Å². The summed E-state index contributed by atoms with van der Waals surface area (Å²) in [5, 5.41) is 2.23. The molecule has 0 aliphatic carbocycles. The van der Waals surface area contributed by atoms with Gasteiger partial charge in [-0.3, -0.25) is 19.3 Å². The van der Waals surface area contributed by atoms with Crippen LogP contribution < -0.4 is 15.0 Å². The molecule has 9 heteroatoms. The van der Waals surface area contributed by atoms with Crippen molar-refractivity contribution in [3.8, 4) is 5.75 Å². The van der Waals surface area contributed by atoms with Gasteiger partial charge in [0, 0.05) is 36.1 Å². The van der Waals surface area contributed by atoms with Gasteiger partial charge in [-0.2, -0.15) is 0 Å². The molecular formula is C24H25N3O5S. The van der Waals surface area contributed by atoms with Crippen molar-refractivity contribution in [2.24, 2.45) is 0 Å². The van der Waals surface area contributed by atoms with E-state index in [1.54, 1.807) is 25.3 Å². The molecule has 172 valence electrons. The second-order valence-electron chi connectivity index (χ2n) is 7.71. The number of hydrogen-bond donors (Lipinski definition) is 1. The predicted octanol–water partition coefficient (Wildman–Crippen LogP) is 3.52. The lowest BCUT2D eigenvalue weighted by atomic mass is 10.1. The topological polar surface area (TPSA) is 88.2 Å². The third kappa shape index (κ3) is 5.37. The zero-order valence-corrected chi connectivity index (χ0v) is 19.3. The molecule has 2 aromatic rings. The fourth-order valence-corrected chi connectivity index (χ4v) is 4.43. The first-order valence-corrected chi connectivity index (χ1v) is 11.4. The molecule has 33 heavy (non-hydrogen) atoms. The Balaban J connectivity index is 1.46. The monoisotopic (exact) mass is 467 g/mol. The molecule has 8 nitrogen and oxygen atoms in total. The van der Waals surface area contributed by atoms with E-state index in [0.29, 0.717) is 30.2 Å². The molecule has 0 unspecified atom stereocenters. The first-order chi connectivity index (χ1) is 15.9. The van der Waals surface area contributed by atoms with Gasteiger partial charge in [0.1, 0.15) is 12.3 Å². The number of carbonyl (C=O) groups is 3. The van der Waals surface area contributed by atoms with Crippen molar-refractivity contribution in [2.75, 3.05) is 50.2 Å². The van der Waals surface area contributed by atoms with Crippen molar-refractivity contribution >= 4 is 46.3 Å². The van der Waals surface area contributed by atoms with Crippen LogP contribution in [0.4, 0.5) is 16.2 Å². The largest absolute Gasteiger partial charge is 0.496 e. The zero-order valence-electron chi connectivity index (χ0n) is 18.5. The van der Waals surface area contributed by atoms with Gasteiger partial charge in [0.25, 0.3) is 11.1 Å². The Bertz CT molecular complexity index is 1090. The average Bonchev–Trinajstić information content (AvgIpc) is 3.08. The Labute approximate surface area is 196 Å². The van der Waals surface area contributed by atoms with E-state index in [-0.39, 0.29) is 11.4 Å². The molecule has 0 bridgehead atoms. The van der Waals surface area contributed by atoms with Crippen molar-refractivity contribution in [3.05, 3.63) is 58.5 Å². The number of thioether (sulfide) groups is 1. The molecule has 1 N–H and O–H groups in total. The summed E-state index contributed by atoms with van der Waals surface area (Å²) in [6.07, 6.45) is 1.63. The molecule has 2 aromatic carbocycles. The summed E-state index contributed by atoms with van der Waals surface area (Å²) in [5.41, 5.74) is 3.37. The van der Waals surface area contributed by atoms with E-state index in [1.807, 2.05) is 37.3 Å². The maximum absolute atomic E-state index is 12.8. The number of hydrogen-bond acceptors (Lipinski definition) is 7. The van der Waals surface area contributed by atoms with E-state index >= 15 is 0 Å². The summed E-state index contributed by atoms with van der Waals surface area (Å²) in [6, 6.07) is 13.0. The summed E-state index contributed by atoms with van der Waals surface area (Å²) in [7, 11) is 1.57. The minimum absolute atomic E-state index is 0.251. The SMILES string of the molecule is COc1cc(N2CCOCC2)ccc1/C=C1\SC(=O)N(CC(=O)Nc2ccc(C)cc2)C1=O. The first-order valence-electron chi connectivity index (χ1n) is 10.6. The lowest BCUT2D eigenvalue weighted by Gasteiger charge is -2.29. The first kappa shape index (κ1) is 22.9. The molecule has 0 radical (unpaired) electrons. The van der Waals surface area contributed by atoms with Crippen molar-refractivity contribution in [2.45, 2.75) is 6.92 Å². The second kappa shape index (κ2) is 10.1. The third-order valence-corrected chi connectivity index (χ3v) is 6.30. The number of aryl methyl sites for hydroxylation is 1. The summed E-state index contributed by atoms with van der Waals surface area (Å²) in [5.74, 6) is -0.332. The Morgan fingerprint density at radius 1 is 1.15 bits per heavy atom. The van der Waals surface area contributed by atoms with Gasteiger partial charge in [0.2, 0.25) is 5.91 Å². The van der Waals surface area contributed by atoms with Crippen molar-refractivity contribution in [3.63, 3.8) is 0 Å². The zero-order chi connectivity index (χ0) is 23.4. The lowest BCUT2D eigenvalue weighted by molar-refractivity contribution is -0.127. The Morgan fingerprint density at radius 2 is 1.88 bits per heavy atom. The van der Waals surface area contributed by atoms with Crippen molar-refractivity contribution in [1.82, 2.24) is 4.90 Å². The lowest BCUT2D eigenvalue weighted by Crippen LogP contribution is -2.36. The number of benzene rings is 2. The molecule has 0 saturated carbocycles. The highest BCUT2D eigenvalue weighted by atomic mass is 32.2. The maximum atomic E-state index is 12.8. The number of imide groups is 1. The second-order valence-corrected chi connectivity index (χ2v) is 8.70. The number of rotatable bonds is 6. The number of carbonyl (C=O) groups excluding carboxylic acids is 3. The fourth-order valence-electron chi connectivity index (χ4n) is 3.60. The van der Waals surface area contributed by atoms with Gasteiger partial charge in [0.05, 0.1) is 25.2 Å². The molecule has 0 aromatic heterocycles. The van der Waals surface area contributed by atoms with Crippen LogP contribution in [0.25, 0.3) is 6.08 Å². The molecular weight excluding hydrogens is 442 g/mol. The highest BCUT2D eigenvalue weighted by molar-refractivity contribution is 8.18. The van der Waals surface area contributed by atoms with Crippen LogP contribution in [0.3, 0.4) is 0 Å². The van der Waals surface area contributed by atoms with Crippen LogP contribution in [-0.2, 0) is 14.3 Å². The van der Waals surface area contributed by atoms with E-state index in [4.69, 9.17) is 9.47 Å². The van der Waals surface area contributed by atoms with Crippen LogP contribution in [0.15, 0.2) is 47.4 Å². The highest BCUT2D eigenvalue weighted by Crippen LogP contribution is 2.35. The maximum Gasteiger partial charge on any atom is 0.294 e. The normalized spacial score (nSPS) is 17.6. The van der Waals surface area contributed by atoms with Gasteiger partial charge < -0.3 is 19.7 Å². The summed E-state index contributed by atoms with van der Waals surface area (Å²) in [4.78, 5) is 41.1. The number of amides is 3. The minimum atomic E-state index is -0.497. The van der Waals surface area contributed by atoms with Gasteiger partial charge in [-0.1, -0.05) is 17.7 Å². The van der Waals surface area contributed by atoms with Crippen LogP contribution in [0.5, 0.6) is 5.75 Å². The summed E-state index contributed by atoms with van der Waals surface area (Å²) >= 11 is 0.814. The van der Waals surface area contributed by atoms with Crippen molar-refractivity contribution in [1.29, 1.82) is 0 Å². The number of nitrogens with one attached hydrogen (secondary N) is 1. The van der Waals surface area contributed by atoms with Gasteiger partial charge in [-0.15, -0.1) is 0 Å². The van der Waals surface area contributed by atoms with Crippen LogP contribution >= 0.6 is 11.8 Å². The molecule has 2 fully saturated rings. The molecule has 3 amide bonds. The fraction of sp³-hybridized carbons (Fsp3) is 0.292. The number of nitrogens with zero attached hydrogens (tertiary/aromatic N) is 2. The molecule has 2 heterocycles. The van der Waals surface area contributed by atoms with E-state index < -0.39 is 17.1 Å². The van der Waals surface area contributed by atoms with Gasteiger partial charge >= 0.3 is 0 Å². The predicted molar refractivity (Wildman–Crippen MR) is 129 cm³/mol. The van der Waals surface area contributed by atoms with E-state index in [0.717, 1.165) is 41.0 Å². The Kier molecular flexibility index (Phi) is 7.00. The number of anilines is 2. The number of methoxy groups -OCH3 is 1. The van der Waals surface area contributed by atoms with Crippen molar-refractivity contribution < 1.29 is 23.9 Å². The van der Waals surface area contributed by atoms with E-state index in [1.165, 1.54) is 0 Å². The summed E-state index contributed by atoms with van der Waals surface area (Å²) < 4.78 is 10.9. The van der Waals surface area contributed by atoms with Crippen LogP contribution in [-0.4, -0.2) is 61.9 Å².